The molecule has 1 amide bonds. The van der Waals surface area contributed by atoms with E-state index in [1.807, 2.05) is 30.8 Å². The number of nitrogens with one attached hydrogen (secondary N) is 1. The van der Waals surface area contributed by atoms with Crippen LogP contribution in [0.1, 0.15) is 41.6 Å². The van der Waals surface area contributed by atoms with Gasteiger partial charge in [-0.2, -0.15) is 11.8 Å². The summed E-state index contributed by atoms with van der Waals surface area (Å²) in [4.78, 5) is 12.3. The molecule has 0 heterocycles. The van der Waals surface area contributed by atoms with Crippen LogP contribution < -0.4 is 11.1 Å². The molecule has 19 heavy (non-hydrogen) atoms. The van der Waals surface area contributed by atoms with E-state index in [4.69, 9.17) is 5.73 Å². The van der Waals surface area contributed by atoms with E-state index in [-0.39, 0.29) is 5.91 Å². The van der Waals surface area contributed by atoms with Gasteiger partial charge in [-0.15, -0.1) is 0 Å². The van der Waals surface area contributed by atoms with E-state index < -0.39 is 0 Å². The number of nitrogens with two attached hydrogens (primary N) is 1. The minimum Gasteiger partial charge on any atom is -0.398 e. The van der Waals surface area contributed by atoms with Crippen molar-refractivity contribution in [2.24, 2.45) is 0 Å². The minimum atomic E-state index is -0.0343. The number of anilines is 1. The van der Waals surface area contributed by atoms with Crippen molar-refractivity contribution in [3.8, 4) is 0 Å². The Morgan fingerprint density at radius 1 is 1.42 bits per heavy atom. The second kappa shape index (κ2) is 6.33. The summed E-state index contributed by atoms with van der Waals surface area (Å²) in [5.41, 5.74) is 8.10. The summed E-state index contributed by atoms with van der Waals surface area (Å²) < 4.78 is 0. The van der Waals surface area contributed by atoms with Crippen molar-refractivity contribution in [3.05, 3.63) is 29.3 Å². The molecule has 3 N–H and O–H groups in total. The summed E-state index contributed by atoms with van der Waals surface area (Å²) in [6, 6.07) is 5.88. The van der Waals surface area contributed by atoms with Crippen LogP contribution in [0.2, 0.25) is 0 Å². The first-order valence-corrected chi connectivity index (χ1v) is 8.08. The zero-order valence-corrected chi connectivity index (χ0v) is 12.4. The maximum Gasteiger partial charge on any atom is 0.253 e. The Balaban J connectivity index is 2.02. The van der Waals surface area contributed by atoms with Gasteiger partial charge in [0, 0.05) is 17.0 Å². The SMILES string of the molecule is CSC1CCCC(NC(=O)c2cc(C)ccc2N)C1. The van der Waals surface area contributed by atoms with Crippen LogP contribution in [0.5, 0.6) is 0 Å². The van der Waals surface area contributed by atoms with Crippen LogP contribution in [0.15, 0.2) is 18.2 Å². The topological polar surface area (TPSA) is 55.1 Å². The first-order valence-electron chi connectivity index (χ1n) is 6.80. The molecule has 0 aromatic heterocycles. The van der Waals surface area contributed by atoms with Gasteiger partial charge in [-0.05, 0) is 44.6 Å². The van der Waals surface area contributed by atoms with Gasteiger partial charge < -0.3 is 11.1 Å². The van der Waals surface area contributed by atoms with Crippen LogP contribution in [0, 0.1) is 6.92 Å². The Bertz CT molecular complexity index is 461. The molecule has 1 aliphatic rings. The molecule has 0 spiro atoms. The highest BCUT2D eigenvalue weighted by atomic mass is 32.2. The number of hydrogen-bond acceptors (Lipinski definition) is 3. The first kappa shape index (κ1) is 14.3. The molecule has 0 radical (unpaired) electrons. The third kappa shape index (κ3) is 3.66. The van der Waals surface area contributed by atoms with Gasteiger partial charge in [-0.25, -0.2) is 0 Å². The number of amides is 1. The standard InChI is InChI=1S/C15H22N2OS/c1-10-6-7-14(16)13(8-10)15(18)17-11-4-3-5-12(9-11)19-2/h6-8,11-12H,3-5,9,16H2,1-2H3,(H,17,18). The molecular weight excluding hydrogens is 256 g/mol. The molecule has 1 saturated carbocycles. The van der Waals surface area contributed by atoms with Gasteiger partial charge in [-0.3, -0.25) is 4.79 Å². The van der Waals surface area contributed by atoms with E-state index in [1.54, 1.807) is 6.07 Å². The third-order valence-electron chi connectivity index (χ3n) is 3.75. The Labute approximate surface area is 119 Å². The highest BCUT2D eigenvalue weighted by molar-refractivity contribution is 7.99. The van der Waals surface area contributed by atoms with Crippen LogP contribution in [0.25, 0.3) is 0 Å². The smallest absolute Gasteiger partial charge is 0.253 e. The van der Waals surface area contributed by atoms with E-state index in [2.05, 4.69) is 11.6 Å². The number of benzene rings is 1. The lowest BCUT2D eigenvalue weighted by Gasteiger charge is -2.28. The number of carbonyl (C=O) groups excluding carboxylic acids is 1. The van der Waals surface area contributed by atoms with E-state index in [1.165, 1.54) is 12.8 Å². The molecule has 2 rings (SSSR count). The Morgan fingerprint density at radius 2 is 2.21 bits per heavy atom. The summed E-state index contributed by atoms with van der Waals surface area (Å²) in [6.45, 7) is 1.97. The third-order valence-corrected chi connectivity index (χ3v) is 4.84. The maximum atomic E-state index is 12.3. The average molecular weight is 278 g/mol. The van der Waals surface area contributed by atoms with Crippen molar-refractivity contribution in [2.75, 3.05) is 12.0 Å². The number of nitrogen functional groups attached to an aromatic ring is 1. The fraction of sp³-hybridized carbons (Fsp3) is 0.533. The monoisotopic (exact) mass is 278 g/mol. The predicted octanol–water partition coefficient (Wildman–Crippen LogP) is 2.98. The molecule has 1 fully saturated rings. The molecule has 1 aliphatic carbocycles. The Hall–Kier alpha value is -1.16. The number of aryl methyl sites for hydroxylation is 1. The first-order chi connectivity index (χ1) is 9.10. The summed E-state index contributed by atoms with van der Waals surface area (Å²) in [7, 11) is 0. The van der Waals surface area contributed by atoms with Gasteiger partial charge >= 0.3 is 0 Å². The lowest BCUT2D eigenvalue weighted by Crippen LogP contribution is -2.39. The van der Waals surface area contributed by atoms with Crippen LogP contribution in [0.3, 0.4) is 0 Å². The number of rotatable bonds is 3. The predicted molar refractivity (Wildman–Crippen MR) is 82.6 cm³/mol. The summed E-state index contributed by atoms with van der Waals surface area (Å²) >= 11 is 1.90. The molecule has 2 atom stereocenters. The van der Waals surface area contributed by atoms with Crippen molar-refractivity contribution in [3.63, 3.8) is 0 Å². The van der Waals surface area contributed by atoms with Crippen LogP contribution in [0.4, 0.5) is 5.69 Å². The van der Waals surface area contributed by atoms with Crippen molar-refractivity contribution >= 4 is 23.4 Å². The van der Waals surface area contributed by atoms with Crippen LogP contribution in [-0.2, 0) is 0 Å². The number of carbonyl (C=O) groups is 1. The Morgan fingerprint density at radius 3 is 2.95 bits per heavy atom. The largest absolute Gasteiger partial charge is 0.398 e. The fourth-order valence-electron chi connectivity index (χ4n) is 2.62. The van der Waals surface area contributed by atoms with Gasteiger partial charge in [-0.1, -0.05) is 18.1 Å². The zero-order valence-electron chi connectivity index (χ0n) is 11.6. The highest BCUT2D eigenvalue weighted by Gasteiger charge is 2.23. The molecule has 0 bridgehead atoms. The average Bonchev–Trinajstić information content (AvgIpc) is 2.41. The lowest BCUT2D eigenvalue weighted by atomic mass is 9.94. The molecule has 0 aliphatic heterocycles. The normalized spacial score (nSPS) is 23.1. The summed E-state index contributed by atoms with van der Waals surface area (Å²) in [5.74, 6) is -0.0343. The number of thioether (sulfide) groups is 1. The molecule has 4 heteroatoms. The minimum absolute atomic E-state index is 0.0343. The second-order valence-corrected chi connectivity index (χ2v) is 6.42. The fourth-order valence-corrected chi connectivity index (χ4v) is 3.45. The van der Waals surface area contributed by atoms with Gasteiger partial charge in [0.1, 0.15) is 0 Å². The Kier molecular flexibility index (Phi) is 4.75. The van der Waals surface area contributed by atoms with Crippen molar-refractivity contribution in [2.45, 2.75) is 43.9 Å². The molecule has 0 saturated heterocycles. The lowest BCUT2D eigenvalue weighted by molar-refractivity contribution is 0.0929. The van der Waals surface area contributed by atoms with Crippen LogP contribution >= 0.6 is 11.8 Å². The van der Waals surface area contributed by atoms with Gasteiger partial charge in [0.25, 0.3) is 5.91 Å². The molecule has 1 aromatic rings. The molecular formula is C15H22N2OS. The van der Waals surface area contributed by atoms with Crippen LogP contribution in [-0.4, -0.2) is 23.5 Å². The summed E-state index contributed by atoms with van der Waals surface area (Å²) in [6.07, 6.45) is 6.75. The zero-order chi connectivity index (χ0) is 13.8. The van der Waals surface area contributed by atoms with E-state index in [0.717, 1.165) is 18.4 Å². The van der Waals surface area contributed by atoms with Gasteiger partial charge in [0.05, 0.1) is 5.56 Å². The van der Waals surface area contributed by atoms with Gasteiger partial charge in [0.2, 0.25) is 0 Å². The summed E-state index contributed by atoms with van der Waals surface area (Å²) in [5, 5.41) is 3.81. The molecule has 2 unspecified atom stereocenters. The highest BCUT2D eigenvalue weighted by Crippen LogP contribution is 2.27. The molecule has 3 nitrogen and oxygen atoms in total. The van der Waals surface area contributed by atoms with E-state index in [0.29, 0.717) is 22.5 Å². The maximum absolute atomic E-state index is 12.3. The molecule has 104 valence electrons. The van der Waals surface area contributed by atoms with Crippen molar-refractivity contribution in [1.82, 2.24) is 5.32 Å². The molecule has 1 aromatic carbocycles. The van der Waals surface area contributed by atoms with Crippen molar-refractivity contribution in [1.29, 1.82) is 0 Å². The van der Waals surface area contributed by atoms with E-state index in [9.17, 15) is 4.79 Å². The number of hydrogen-bond donors (Lipinski definition) is 2. The van der Waals surface area contributed by atoms with E-state index >= 15 is 0 Å². The second-order valence-electron chi connectivity index (χ2n) is 5.29. The quantitative estimate of drug-likeness (QED) is 0.836. The van der Waals surface area contributed by atoms with Crippen molar-refractivity contribution < 1.29 is 4.79 Å². The van der Waals surface area contributed by atoms with Gasteiger partial charge in [0.15, 0.2) is 0 Å².